The topological polar surface area (TPSA) is 26.0 Å². The molecule has 0 bridgehead atoms. The van der Waals surface area contributed by atoms with Crippen LogP contribution in [0, 0.1) is 5.92 Å². The SMILES string of the molecule is CCC1CCC(N)(CCSc2ccccc2)C1. The molecule has 0 radical (unpaired) electrons. The molecule has 2 unspecified atom stereocenters. The van der Waals surface area contributed by atoms with Crippen molar-refractivity contribution in [2.24, 2.45) is 11.7 Å². The lowest BCUT2D eigenvalue weighted by Crippen LogP contribution is -2.37. The largest absolute Gasteiger partial charge is 0.325 e. The van der Waals surface area contributed by atoms with Crippen LogP contribution in [0.1, 0.15) is 39.0 Å². The molecule has 0 aromatic heterocycles. The third kappa shape index (κ3) is 3.75. The zero-order valence-corrected chi connectivity index (χ0v) is 11.5. The summed E-state index contributed by atoms with van der Waals surface area (Å²) >= 11 is 1.93. The molecule has 17 heavy (non-hydrogen) atoms. The minimum atomic E-state index is 0.127. The molecule has 1 aliphatic rings. The average Bonchev–Trinajstić information content (AvgIpc) is 2.73. The summed E-state index contributed by atoms with van der Waals surface area (Å²) in [7, 11) is 0. The highest BCUT2D eigenvalue weighted by atomic mass is 32.2. The first-order valence-corrected chi connectivity index (χ1v) is 7.67. The molecule has 1 aromatic rings. The van der Waals surface area contributed by atoms with Gasteiger partial charge in [0.05, 0.1) is 0 Å². The fourth-order valence-electron chi connectivity index (χ4n) is 2.74. The van der Waals surface area contributed by atoms with Gasteiger partial charge in [0.15, 0.2) is 0 Å². The van der Waals surface area contributed by atoms with Crippen molar-refractivity contribution in [2.75, 3.05) is 5.75 Å². The van der Waals surface area contributed by atoms with E-state index in [1.54, 1.807) is 0 Å². The van der Waals surface area contributed by atoms with Crippen molar-refractivity contribution < 1.29 is 0 Å². The Morgan fingerprint density at radius 3 is 2.76 bits per heavy atom. The lowest BCUT2D eigenvalue weighted by atomic mass is 9.93. The van der Waals surface area contributed by atoms with Crippen LogP contribution < -0.4 is 5.73 Å². The van der Waals surface area contributed by atoms with E-state index in [1.807, 2.05) is 11.8 Å². The predicted molar refractivity (Wildman–Crippen MR) is 76.3 cm³/mol. The summed E-state index contributed by atoms with van der Waals surface area (Å²) in [6.45, 7) is 2.29. The van der Waals surface area contributed by atoms with Crippen LogP contribution in [0.5, 0.6) is 0 Å². The van der Waals surface area contributed by atoms with Gasteiger partial charge in [-0.25, -0.2) is 0 Å². The van der Waals surface area contributed by atoms with Gasteiger partial charge in [-0.3, -0.25) is 0 Å². The fraction of sp³-hybridized carbons (Fsp3) is 0.600. The Morgan fingerprint density at radius 1 is 1.35 bits per heavy atom. The quantitative estimate of drug-likeness (QED) is 0.796. The Bertz CT molecular complexity index is 338. The second-order valence-electron chi connectivity index (χ2n) is 5.29. The molecule has 0 saturated heterocycles. The molecular weight excluding hydrogens is 226 g/mol. The molecule has 2 atom stereocenters. The van der Waals surface area contributed by atoms with Crippen LogP contribution in [0.4, 0.5) is 0 Å². The van der Waals surface area contributed by atoms with Crippen LogP contribution in [0.2, 0.25) is 0 Å². The van der Waals surface area contributed by atoms with E-state index in [9.17, 15) is 0 Å². The maximum Gasteiger partial charge on any atom is 0.0165 e. The molecule has 0 amide bonds. The highest BCUT2D eigenvalue weighted by molar-refractivity contribution is 7.99. The molecule has 94 valence electrons. The van der Waals surface area contributed by atoms with E-state index in [-0.39, 0.29) is 5.54 Å². The molecule has 0 spiro atoms. The van der Waals surface area contributed by atoms with E-state index in [0.717, 1.165) is 18.1 Å². The lowest BCUT2D eigenvalue weighted by Gasteiger charge is -2.24. The molecule has 1 fully saturated rings. The van der Waals surface area contributed by atoms with Gasteiger partial charge in [0, 0.05) is 10.4 Å². The third-order valence-electron chi connectivity index (χ3n) is 3.93. The van der Waals surface area contributed by atoms with Gasteiger partial charge in [-0.1, -0.05) is 31.5 Å². The van der Waals surface area contributed by atoms with Gasteiger partial charge in [0.2, 0.25) is 0 Å². The average molecular weight is 249 g/mol. The van der Waals surface area contributed by atoms with Crippen molar-refractivity contribution in [1.29, 1.82) is 0 Å². The van der Waals surface area contributed by atoms with E-state index < -0.39 is 0 Å². The Balaban J connectivity index is 1.75. The molecule has 1 saturated carbocycles. The van der Waals surface area contributed by atoms with Gasteiger partial charge in [0.1, 0.15) is 0 Å². The van der Waals surface area contributed by atoms with Gasteiger partial charge < -0.3 is 5.73 Å². The van der Waals surface area contributed by atoms with E-state index >= 15 is 0 Å². The van der Waals surface area contributed by atoms with E-state index in [0.29, 0.717) is 0 Å². The van der Waals surface area contributed by atoms with Crippen molar-refractivity contribution in [3.63, 3.8) is 0 Å². The first kappa shape index (κ1) is 13.0. The number of benzene rings is 1. The summed E-state index contributed by atoms with van der Waals surface area (Å²) in [6, 6.07) is 10.6. The Labute approximate surface area is 109 Å². The van der Waals surface area contributed by atoms with Crippen LogP contribution >= 0.6 is 11.8 Å². The van der Waals surface area contributed by atoms with Crippen molar-refractivity contribution >= 4 is 11.8 Å². The van der Waals surface area contributed by atoms with Gasteiger partial charge >= 0.3 is 0 Å². The van der Waals surface area contributed by atoms with Crippen molar-refractivity contribution in [1.82, 2.24) is 0 Å². The number of nitrogens with two attached hydrogens (primary N) is 1. The smallest absolute Gasteiger partial charge is 0.0165 e. The maximum absolute atomic E-state index is 6.48. The van der Waals surface area contributed by atoms with Gasteiger partial charge in [-0.2, -0.15) is 0 Å². The molecule has 0 heterocycles. The monoisotopic (exact) mass is 249 g/mol. The summed E-state index contributed by atoms with van der Waals surface area (Å²) < 4.78 is 0. The van der Waals surface area contributed by atoms with Crippen molar-refractivity contribution in [3.05, 3.63) is 30.3 Å². The second kappa shape index (κ2) is 5.92. The third-order valence-corrected chi connectivity index (χ3v) is 4.95. The highest BCUT2D eigenvalue weighted by Crippen LogP contribution is 2.37. The minimum Gasteiger partial charge on any atom is -0.325 e. The molecule has 2 rings (SSSR count). The summed E-state index contributed by atoms with van der Waals surface area (Å²) in [5.41, 5.74) is 6.60. The summed E-state index contributed by atoms with van der Waals surface area (Å²) in [5.74, 6) is 2.03. The van der Waals surface area contributed by atoms with Crippen LogP contribution in [0.25, 0.3) is 0 Å². The number of hydrogen-bond acceptors (Lipinski definition) is 2. The number of rotatable bonds is 5. The Kier molecular flexibility index (Phi) is 4.52. The maximum atomic E-state index is 6.48. The second-order valence-corrected chi connectivity index (χ2v) is 6.46. The molecule has 2 N–H and O–H groups in total. The summed E-state index contributed by atoms with van der Waals surface area (Å²) in [4.78, 5) is 1.36. The van der Waals surface area contributed by atoms with Gasteiger partial charge in [-0.05, 0) is 49.5 Å². The molecule has 2 heteroatoms. The number of hydrogen-bond donors (Lipinski definition) is 1. The molecule has 1 nitrogen and oxygen atoms in total. The standard InChI is InChI=1S/C15H23NS/c1-2-13-8-9-15(16,12-13)10-11-17-14-6-4-3-5-7-14/h3-7,13H,2,8-12,16H2,1H3. The van der Waals surface area contributed by atoms with Gasteiger partial charge in [-0.15, -0.1) is 11.8 Å². The normalized spacial score (nSPS) is 28.5. The molecule has 0 aliphatic heterocycles. The zero-order valence-electron chi connectivity index (χ0n) is 10.7. The molecule has 1 aromatic carbocycles. The van der Waals surface area contributed by atoms with Gasteiger partial charge in [0.25, 0.3) is 0 Å². The summed E-state index contributed by atoms with van der Waals surface area (Å²) in [5, 5.41) is 0. The predicted octanol–water partition coefficient (Wildman–Crippen LogP) is 4.08. The first-order chi connectivity index (χ1) is 8.22. The highest BCUT2D eigenvalue weighted by Gasteiger charge is 2.34. The Hall–Kier alpha value is -0.470. The number of thioether (sulfide) groups is 1. The zero-order chi connectivity index (χ0) is 12.1. The van der Waals surface area contributed by atoms with E-state index in [1.165, 1.54) is 30.6 Å². The molecular formula is C15H23NS. The van der Waals surface area contributed by atoms with Crippen LogP contribution in [-0.4, -0.2) is 11.3 Å². The van der Waals surface area contributed by atoms with E-state index in [4.69, 9.17) is 5.73 Å². The Morgan fingerprint density at radius 2 is 2.12 bits per heavy atom. The molecule has 1 aliphatic carbocycles. The first-order valence-electron chi connectivity index (χ1n) is 6.68. The fourth-order valence-corrected chi connectivity index (χ4v) is 3.83. The van der Waals surface area contributed by atoms with Crippen LogP contribution in [-0.2, 0) is 0 Å². The van der Waals surface area contributed by atoms with Crippen molar-refractivity contribution in [3.8, 4) is 0 Å². The lowest BCUT2D eigenvalue weighted by molar-refractivity contribution is 0.400. The minimum absolute atomic E-state index is 0.127. The summed E-state index contributed by atoms with van der Waals surface area (Å²) in [6.07, 6.45) is 6.25. The van der Waals surface area contributed by atoms with E-state index in [2.05, 4.69) is 37.3 Å². The van der Waals surface area contributed by atoms with Crippen LogP contribution in [0.15, 0.2) is 35.2 Å². The van der Waals surface area contributed by atoms with Crippen molar-refractivity contribution in [2.45, 2.75) is 49.5 Å². The van der Waals surface area contributed by atoms with Crippen LogP contribution in [0.3, 0.4) is 0 Å².